The highest BCUT2D eigenvalue weighted by Crippen LogP contribution is 2.15. The van der Waals surface area contributed by atoms with Gasteiger partial charge >= 0.3 is 0 Å². The Kier molecular flexibility index (Phi) is 5.68. The van der Waals surface area contributed by atoms with E-state index in [0.29, 0.717) is 6.04 Å². The molecule has 1 saturated heterocycles. The molecule has 0 saturated carbocycles. The lowest BCUT2D eigenvalue weighted by atomic mass is 10.1. The Morgan fingerprint density at radius 3 is 2.74 bits per heavy atom. The quantitative estimate of drug-likeness (QED) is 0.886. The maximum atomic E-state index is 6.05. The molecule has 1 heterocycles. The molecular weight excluding hydrogens is 256 g/mol. The summed E-state index contributed by atoms with van der Waals surface area (Å²) in [6, 6.07) is 6.64. The summed E-state index contributed by atoms with van der Waals surface area (Å²) in [6.07, 6.45) is 4.13. The summed E-state index contributed by atoms with van der Waals surface area (Å²) in [6.45, 7) is 9.00. The Hall–Kier alpha value is -0.570. The monoisotopic (exact) mass is 280 g/mol. The smallest absolute Gasteiger partial charge is 0.0409 e. The van der Waals surface area contributed by atoms with Crippen LogP contribution in [-0.4, -0.2) is 30.6 Å². The minimum atomic E-state index is 0.525. The average Bonchev–Trinajstić information content (AvgIpc) is 2.41. The van der Waals surface area contributed by atoms with Gasteiger partial charge in [0.1, 0.15) is 0 Å². The van der Waals surface area contributed by atoms with Gasteiger partial charge in [-0.25, -0.2) is 0 Å². The fourth-order valence-corrected chi connectivity index (χ4v) is 2.90. The fraction of sp³-hybridized carbons (Fsp3) is 0.625. The van der Waals surface area contributed by atoms with Crippen molar-refractivity contribution in [2.75, 3.05) is 19.6 Å². The molecule has 19 heavy (non-hydrogen) atoms. The number of hydrogen-bond donors (Lipinski definition) is 1. The Balaban J connectivity index is 1.79. The van der Waals surface area contributed by atoms with Crippen LogP contribution >= 0.6 is 11.6 Å². The Morgan fingerprint density at radius 2 is 2.00 bits per heavy atom. The van der Waals surface area contributed by atoms with Gasteiger partial charge in [-0.3, -0.25) is 0 Å². The second-order valence-corrected chi connectivity index (χ2v) is 6.15. The molecule has 1 N–H and O–H groups in total. The molecule has 1 fully saturated rings. The van der Waals surface area contributed by atoms with E-state index in [9.17, 15) is 0 Å². The third kappa shape index (κ3) is 4.79. The summed E-state index contributed by atoms with van der Waals surface area (Å²) >= 11 is 6.05. The molecule has 1 unspecified atom stereocenters. The van der Waals surface area contributed by atoms with Crippen LogP contribution in [0.4, 0.5) is 0 Å². The third-order valence-corrected chi connectivity index (χ3v) is 4.17. The molecule has 1 aliphatic heterocycles. The zero-order chi connectivity index (χ0) is 13.7. The number of likely N-dealkylation sites (tertiary alicyclic amines) is 1. The highest BCUT2D eigenvalue weighted by atomic mass is 35.5. The first-order chi connectivity index (χ1) is 9.15. The van der Waals surface area contributed by atoms with E-state index >= 15 is 0 Å². The Labute approximate surface area is 122 Å². The highest BCUT2D eigenvalue weighted by Gasteiger charge is 2.13. The van der Waals surface area contributed by atoms with Crippen molar-refractivity contribution in [2.24, 2.45) is 0 Å². The normalized spacial score (nSPS) is 18.5. The molecule has 1 atom stereocenters. The molecule has 1 aromatic carbocycles. The van der Waals surface area contributed by atoms with Crippen molar-refractivity contribution in [1.29, 1.82) is 0 Å². The van der Waals surface area contributed by atoms with Crippen molar-refractivity contribution in [2.45, 2.75) is 45.7 Å². The van der Waals surface area contributed by atoms with Gasteiger partial charge in [0.05, 0.1) is 0 Å². The molecule has 1 aliphatic rings. The molecular formula is C16H25ClN2. The molecule has 106 valence electrons. The van der Waals surface area contributed by atoms with E-state index in [1.54, 1.807) is 0 Å². The van der Waals surface area contributed by atoms with Gasteiger partial charge in [0.15, 0.2) is 0 Å². The summed E-state index contributed by atoms with van der Waals surface area (Å²) in [5.74, 6) is 0. The molecule has 0 aliphatic carbocycles. The van der Waals surface area contributed by atoms with Crippen molar-refractivity contribution in [1.82, 2.24) is 10.2 Å². The van der Waals surface area contributed by atoms with Gasteiger partial charge in [0, 0.05) is 24.2 Å². The predicted octanol–water partition coefficient (Wildman–Crippen LogP) is 3.61. The van der Waals surface area contributed by atoms with E-state index in [-0.39, 0.29) is 0 Å². The van der Waals surface area contributed by atoms with E-state index in [0.717, 1.165) is 18.1 Å². The zero-order valence-corrected chi connectivity index (χ0v) is 12.8. The molecule has 2 rings (SSSR count). The number of nitrogens with one attached hydrogen (secondary N) is 1. The predicted molar refractivity (Wildman–Crippen MR) is 82.8 cm³/mol. The van der Waals surface area contributed by atoms with E-state index in [1.807, 2.05) is 6.07 Å². The lowest BCUT2D eigenvalue weighted by molar-refractivity contribution is 0.209. The van der Waals surface area contributed by atoms with Crippen LogP contribution in [0.2, 0.25) is 5.02 Å². The number of rotatable bonds is 5. The van der Waals surface area contributed by atoms with Gasteiger partial charge in [-0.15, -0.1) is 0 Å². The second kappa shape index (κ2) is 7.28. The molecule has 0 bridgehead atoms. The van der Waals surface area contributed by atoms with Crippen LogP contribution in [0.15, 0.2) is 18.2 Å². The van der Waals surface area contributed by atoms with Gasteiger partial charge in [-0.05, 0) is 63.0 Å². The molecule has 0 radical (unpaired) electrons. The number of hydrogen-bond acceptors (Lipinski definition) is 2. The molecule has 3 heteroatoms. The van der Waals surface area contributed by atoms with Gasteiger partial charge in [0.25, 0.3) is 0 Å². The van der Waals surface area contributed by atoms with Crippen molar-refractivity contribution >= 4 is 11.6 Å². The van der Waals surface area contributed by atoms with Crippen molar-refractivity contribution in [3.63, 3.8) is 0 Å². The molecule has 2 nitrogen and oxygen atoms in total. The number of benzene rings is 1. The first-order valence-electron chi connectivity index (χ1n) is 7.36. The Morgan fingerprint density at radius 1 is 1.26 bits per heavy atom. The number of piperidine rings is 1. The lowest BCUT2D eigenvalue weighted by Crippen LogP contribution is -2.41. The summed E-state index contributed by atoms with van der Waals surface area (Å²) in [5, 5.41) is 4.44. The maximum Gasteiger partial charge on any atom is 0.0409 e. The molecule has 0 amide bonds. The molecule has 0 spiro atoms. The van der Waals surface area contributed by atoms with E-state index in [2.05, 4.69) is 36.2 Å². The van der Waals surface area contributed by atoms with Gasteiger partial charge in [-0.2, -0.15) is 0 Å². The lowest BCUT2D eigenvalue weighted by Gasteiger charge is -2.29. The minimum Gasteiger partial charge on any atom is -0.309 e. The Bertz CT molecular complexity index is 400. The SMILES string of the molecule is Cc1ccc(Cl)cc1CNC(C)CN1CCCCC1. The zero-order valence-electron chi connectivity index (χ0n) is 12.1. The van der Waals surface area contributed by atoms with E-state index in [4.69, 9.17) is 11.6 Å². The standard InChI is InChI=1S/C16H25ClN2/c1-13-6-7-16(17)10-15(13)11-18-14(2)12-19-8-4-3-5-9-19/h6-7,10,14,18H,3-5,8-9,11-12H2,1-2H3. The molecule has 0 aromatic heterocycles. The largest absolute Gasteiger partial charge is 0.309 e. The van der Waals surface area contributed by atoms with Gasteiger partial charge in [-0.1, -0.05) is 24.1 Å². The van der Waals surface area contributed by atoms with E-state index < -0.39 is 0 Å². The summed E-state index contributed by atoms with van der Waals surface area (Å²) in [7, 11) is 0. The van der Waals surface area contributed by atoms with Crippen LogP contribution in [-0.2, 0) is 6.54 Å². The van der Waals surface area contributed by atoms with Crippen molar-refractivity contribution in [3.8, 4) is 0 Å². The summed E-state index contributed by atoms with van der Waals surface area (Å²) < 4.78 is 0. The highest BCUT2D eigenvalue weighted by molar-refractivity contribution is 6.30. The first kappa shape index (κ1) is 14.8. The van der Waals surface area contributed by atoms with Crippen molar-refractivity contribution in [3.05, 3.63) is 34.3 Å². The molecule has 1 aromatic rings. The van der Waals surface area contributed by atoms with Crippen LogP contribution in [0.1, 0.15) is 37.3 Å². The number of aryl methyl sites for hydroxylation is 1. The fourth-order valence-electron chi connectivity index (χ4n) is 2.71. The topological polar surface area (TPSA) is 15.3 Å². The summed E-state index contributed by atoms with van der Waals surface area (Å²) in [5.41, 5.74) is 2.61. The van der Waals surface area contributed by atoms with E-state index in [1.165, 1.54) is 43.5 Å². The maximum absolute atomic E-state index is 6.05. The number of halogens is 1. The first-order valence-corrected chi connectivity index (χ1v) is 7.74. The van der Waals surface area contributed by atoms with Crippen LogP contribution in [0.5, 0.6) is 0 Å². The van der Waals surface area contributed by atoms with Crippen LogP contribution < -0.4 is 5.32 Å². The average molecular weight is 281 g/mol. The van der Waals surface area contributed by atoms with Crippen LogP contribution in [0.3, 0.4) is 0 Å². The summed E-state index contributed by atoms with van der Waals surface area (Å²) in [4.78, 5) is 2.58. The van der Waals surface area contributed by atoms with Gasteiger partial charge in [0.2, 0.25) is 0 Å². The van der Waals surface area contributed by atoms with Crippen LogP contribution in [0, 0.1) is 6.92 Å². The van der Waals surface area contributed by atoms with Gasteiger partial charge < -0.3 is 10.2 Å². The second-order valence-electron chi connectivity index (χ2n) is 5.71. The van der Waals surface area contributed by atoms with Crippen molar-refractivity contribution < 1.29 is 0 Å². The number of nitrogens with zero attached hydrogens (tertiary/aromatic N) is 1. The third-order valence-electron chi connectivity index (χ3n) is 3.93. The van der Waals surface area contributed by atoms with Crippen LogP contribution in [0.25, 0.3) is 0 Å². The minimum absolute atomic E-state index is 0.525.